The fraction of sp³-hybridized carbons (Fsp3) is 0. The lowest BCUT2D eigenvalue weighted by molar-refractivity contribution is -0.112. The van der Waals surface area contributed by atoms with Gasteiger partial charge in [0.15, 0.2) is 0 Å². The fourth-order valence-corrected chi connectivity index (χ4v) is 3.79. The van der Waals surface area contributed by atoms with Crippen molar-refractivity contribution >= 4 is 43.8 Å². The molecule has 0 saturated heterocycles. The monoisotopic (exact) mass is 426 g/mol. The molecule has 10 nitrogen and oxygen atoms in total. The molecule has 12 heteroatoms. The number of carbonyl (C=O) groups excluding carboxylic acids is 2. The third-order valence-electron chi connectivity index (χ3n) is 3.43. The van der Waals surface area contributed by atoms with E-state index in [1.807, 2.05) is 0 Å². The molecule has 1 amide bonds. The van der Waals surface area contributed by atoms with Gasteiger partial charge < -0.3 is 11.1 Å². The second-order valence-electron chi connectivity index (χ2n) is 5.40. The van der Waals surface area contributed by atoms with Crippen molar-refractivity contribution in [1.82, 2.24) is 0 Å². The highest BCUT2D eigenvalue weighted by atomic mass is 32.2. The van der Waals surface area contributed by atoms with Crippen LogP contribution in [0.4, 0.5) is 11.4 Å². The van der Waals surface area contributed by atoms with Gasteiger partial charge in [-0.25, -0.2) is 0 Å². The van der Waals surface area contributed by atoms with Crippen molar-refractivity contribution in [2.75, 3.05) is 11.1 Å². The van der Waals surface area contributed by atoms with E-state index in [-0.39, 0.29) is 22.5 Å². The SMILES string of the molecule is Nc1ccc(-c2ccc(NC(=O)/C=C/C=O)cc2S(=O)(=O)O)c(S(=O)(=O)O)c1. The summed E-state index contributed by atoms with van der Waals surface area (Å²) in [5.74, 6) is -0.743. The van der Waals surface area contributed by atoms with Gasteiger partial charge in [-0.15, -0.1) is 0 Å². The molecule has 0 aromatic heterocycles. The van der Waals surface area contributed by atoms with Crippen molar-refractivity contribution in [2.45, 2.75) is 9.79 Å². The Balaban J connectivity index is 2.69. The summed E-state index contributed by atoms with van der Waals surface area (Å²) in [5, 5.41) is 2.27. The van der Waals surface area contributed by atoms with Gasteiger partial charge in [0.25, 0.3) is 20.2 Å². The molecule has 0 heterocycles. The third-order valence-corrected chi connectivity index (χ3v) is 5.21. The Hall–Kier alpha value is -3.06. The first kappa shape index (κ1) is 21.2. The van der Waals surface area contributed by atoms with E-state index >= 15 is 0 Å². The number of nitrogens with two attached hydrogens (primary N) is 1. The Labute approximate surface area is 160 Å². The second kappa shape index (κ2) is 7.90. The van der Waals surface area contributed by atoms with Crippen molar-refractivity contribution < 1.29 is 35.5 Å². The minimum atomic E-state index is -4.86. The Morgan fingerprint density at radius 2 is 1.46 bits per heavy atom. The lowest BCUT2D eigenvalue weighted by Gasteiger charge is -2.13. The van der Waals surface area contributed by atoms with Crippen molar-refractivity contribution in [3.63, 3.8) is 0 Å². The van der Waals surface area contributed by atoms with E-state index < -0.39 is 35.9 Å². The number of rotatable bonds is 6. The smallest absolute Gasteiger partial charge is 0.295 e. The number of amides is 1. The average Bonchev–Trinajstić information content (AvgIpc) is 2.58. The van der Waals surface area contributed by atoms with E-state index in [1.54, 1.807) is 0 Å². The molecule has 148 valence electrons. The summed E-state index contributed by atoms with van der Waals surface area (Å²) in [6.07, 6.45) is 2.18. The summed E-state index contributed by atoms with van der Waals surface area (Å²) in [6.45, 7) is 0. The minimum absolute atomic E-state index is 0.00405. The molecule has 0 atom stereocenters. The fourth-order valence-electron chi connectivity index (χ4n) is 2.32. The summed E-state index contributed by atoms with van der Waals surface area (Å²) in [7, 11) is -9.64. The maximum absolute atomic E-state index is 11.8. The summed E-state index contributed by atoms with van der Waals surface area (Å²) in [6, 6.07) is 6.62. The van der Waals surface area contributed by atoms with E-state index in [0.29, 0.717) is 6.29 Å². The maximum Gasteiger partial charge on any atom is 0.295 e. The summed E-state index contributed by atoms with van der Waals surface area (Å²) in [4.78, 5) is 20.5. The number of nitrogens with one attached hydrogen (secondary N) is 1. The summed E-state index contributed by atoms with van der Waals surface area (Å²) in [5.41, 5.74) is 4.98. The van der Waals surface area contributed by atoms with Gasteiger partial charge in [0.05, 0.1) is 0 Å². The molecule has 5 N–H and O–H groups in total. The molecule has 2 aromatic carbocycles. The topological polar surface area (TPSA) is 181 Å². The highest BCUT2D eigenvalue weighted by Crippen LogP contribution is 2.35. The molecular weight excluding hydrogens is 412 g/mol. The molecule has 28 heavy (non-hydrogen) atoms. The number of nitrogen functional groups attached to an aromatic ring is 1. The number of anilines is 2. The highest BCUT2D eigenvalue weighted by molar-refractivity contribution is 7.86. The molecule has 0 aliphatic carbocycles. The molecule has 0 saturated carbocycles. The van der Waals surface area contributed by atoms with Crippen molar-refractivity contribution in [1.29, 1.82) is 0 Å². The molecule has 0 aliphatic rings. The predicted molar refractivity (Wildman–Crippen MR) is 99.8 cm³/mol. The molecule has 0 spiro atoms. The van der Waals surface area contributed by atoms with Crippen LogP contribution in [0.1, 0.15) is 0 Å². The number of allylic oxidation sites excluding steroid dienone is 1. The molecule has 0 aliphatic heterocycles. The Morgan fingerprint density at radius 1 is 0.929 bits per heavy atom. The number of aldehydes is 1. The lowest BCUT2D eigenvalue weighted by Crippen LogP contribution is -2.10. The van der Waals surface area contributed by atoms with Crippen LogP contribution >= 0.6 is 0 Å². The number of hydrogen-bond acceptors (Lipinski definition) is 7. The van der Waals surface area contributed by atoms with Gasteiger partial charge in [0, 0.05) is 28.6 Å². The van der Waals surface area contributed by atoms with Crippen LogP contribution < -0.4 is 11.1 Å². The summed E-state index contributed by atoms with van der Waals surface area (Å²) >= 11 is 0. The van der Waals surface area contributed by atoms with Crippen molar-refractivity contribution in [3.05, 3.63) is 48.6 Å². The minimum Gasteiger partial charge on any atom is -0.399 e. The lowest BCUT2D eigenvalue weighted by atomic mass is 10.0. The van der Waals surface area contributed by atoms with Gasteiger partial charge in [-0.3, -0.25) is 18.7 Å². The first-order valence-corrected chi connectivity index (χ1v) is 10.2. The van der Waals surface area contributed by atoms with E-state index in [0.717, 1.165) is 36.4 Å². The highest BCUT2D eigenvalue weighted by Gasteiger charge is 2.24. The maximum atomic E-state index is 11.8. The van der Waals surface area contributed by atoms with Crippen molar-refractivity contribution in [3.8, 4) is 11.1 Å². The zero-order valence-corrected chi connectivity index (χ0v) is 15.6. The number of benzene rings is 2. The van der Waals surface area contributed by atoms with Crippen LogP contribution in [0.25, 0.3) is 11.1 Å². The van der Waals surface area contributed by atoms with Gasteiger partial charge in [-0.1, -0.05) is 12.1 Å². The molecule has 0 unspecified atom stereocenters. The van der Waals surface area contributed by atoms with Crippen LogP contribution in [0.15, 0.2) is 58.3 Å². The van der Waals surface area contributed by atoms with E-state index in [2.05, 4.69) is 5.32 Å². The van der Waals surface area contributed by atoms with Gasteiger partial charge in [0.1, 0.15) is 16.1 Å². The van der Waals surface area contributed by atoms with Gasteiger partial charge in [-0.05, 0) is 30.3 Å². The first-order valence-electron chi connectivity index (χ1n) is 7.35. The standard InChI is InChI=1S/C16H14N2O8S2/c17-10-3-5-12(14(8-10)27(21,22)23)13-6-4-11(9-15(13)28(24,25)26)18-16(20)2-1-7-19/h1-9H,17H2,(H,18,20)(H,21,22,23)(H,24,25,26)/b2-1+. The largest absolute Gasteiger partial charge is 0.399 e. The van der Waals surface area contributed by atoms with Crippen LogP contribution in [0.2, 0.25) is 0 Å². The van der Waals surface area contributed by atoms with Gasteiger partial charge in [0.2, 0.25) is 5.91 Å². The number of carbonyl (C=O) groups is 2. The zero-order chi connectivity index (χ0) is 21.1. The Bertz CT molecular complexity index is 1190. The van der Waals surface area contributed by atoms with Gasteiger partial charge in [-0.2, -0.15) is 16.8 Å². The molecule has 0 fully saturated rings. The van der Waals surface area contributed by atoms with E-state index in [1.165, 1.54) is 12.1 Å². The number of hydrogen-bond donors (Lipinski definition) is 4. The van der Waals surface area contributed by atoms with Crippen molar-refractivity contribution in [2.24, 2.45) is 0 Å². The van der Waals surface area contributed by atoms with Crippen LogP contribution in [0.5, 0.6) is 0 Å². The average molecular weight is 426 g/mol. The second-order valence-corrected chi connectivity index (χ2v) is 8.18. The Kier molecular flexibility index (Phi) is 5.99. The van der Waals surface area contributed by atoms with Crippen LogP contribution in [-0.2, 0) is 29.8 Å². The van der Waals surface area contributed by atoms with E-state index in [9.17, 15) is 35.5 Å². The third kappa shape index (κ3) is 5.01. The quantitative estimate of drug-likeness (QED) is 0.228. The normalized spacial score (nSPS) is 12.1. The van der Waals surface area contributed by atoms with E-state index in [4.69, 9.17) is 5.73 Å². The zero-order valence-electron chi connectivity index (χ0n) is 13.9. The summed E-state index contributed by atoms with van der Waals surface area (Å²) < 4.78 is 65.9. The molecule has 0 bridgehead atoms. The first-order chi connectivity index (χ1) is 12.9. The van der Waals surface area contributed by atoms with Crippen LogP contribution in [0.3, 0.4) is 0 Å². The van der Waals surface area contributed by atoms with Crippen LogP contribution in [0, 0.1) is 0 Å². The van der Waals surface area contributed by atoms with Crippen LogP contribution in [-0.4, -0.2) is 38.1 Å². The molecular formula is C16H14N2O8S2. The van der Waals surface area contributed by atoms with Gasteiger partial charge >= 0.3 is 0 Å². The molecule has 0 radical (unpaired) electrons. The molecule has 2 aromatic rings. The predicted octanol–water partition coefficient (Wildman–Crippen LogP) is 1.12. The Morgan fingerprint density at radius 3 is 2.00 bits per heavy atom. The molecule has 2 rings (SSSR count).